The average Bonchev–Trinajstić information content (AvgIpc) is 2.23. The maximum atomic E-state index is 6.24. The molecule has 0 bridgehead atoms. The topological polar surface area (TPSA) is 26.0 Å². The molecule has 2 rings (SSSR count). The molecule has 1 atom stereocenters. The molecule has 0 aromatic heterocycles. The van der Waals surface area contributed by atoms with E-state index >= 15 is 0 Å². The summed E-state index contributed by atoms with van der Waals surface area (Å²) in [5.74, 6) is 0.911. The first-order valence-electron chi connectivity index (χ1n) is 7.30. The van der Waals surface area contributed by atoms with Crippen LogP contribution in [-0.2, 0) is 11.8 Å². The lowest BCUT2D eigenvalue weighted by atomic mass is 9.80. The Kier molecular flexibility index (Phi) is 4.11. The van der Waals surface area contributed by atoms with E-state index in [9.17, 15) is 0 Å². The van der Waals surface area contributed by atoms with Crippen molar-refractivity contribution < 1.29 is 0 Å². The van der Waals surface area contributed by atoms with E-state index in [4.69, 9.17) is 5.73 Å². The van der Waals surface area contributed by atoms with E-state index in [1.54, 1.807) is 0 Å². The zero-order chi connectivity index (χ0) is 13.2. The molecule has 1 heteroatoms. The maximum absolute atomic E-state index is 6.24. The lowest BCUT2D eigenvalue weighted by Gasteiger charge is -2.28. The molecule has 0 spiro atoms. The van der Waals surface area contributed by atoms with E-state index in [1.807, 2.05) is 0 Å². The zero-order valence-corrected chi connectivity index (χ0v) is 12.1. The Hall–Kier alpha value is -0.820. The molecule has 1 aromatic rings. The summed E-state index contributed by atoms with van der Waals surface area (Å²) >= 11 is 0. The van der Waals surface area contributed by atoms with Gasteiger partial charge in [0.2, 0.25) is 0 Å². The van der Waals surface area contributed by atoms with Gasteiger partial charge in [-0.2, -0.15) is 0 Å². The lowest BCUT2D eigenvalue weighted by molar-refractivity contribution is 0.275. The molecule has 1 saturated carbocycles. The van der Waals surface area contributed by atoms with Gasteiger partial charge in [-0.05, 0) is 35.3 Å². The monoisotopic (exact) mass is 245 g/mol. The minimum absolute atomic E-state index is 0.243. The molecule has 1 unspecified atom stereocenters. The van der Waals surface area contributed by atoms with Gasteiger partial charge in [0.25, 0.3) is 0 Å². The fraction of sp³-hybridized carbons (Fsp3) is 0.647. The molecule has 0 aliphatic heterocycles. The molecular weight excluding hydrogens is 218 g/mol. The lowest BCUT2D eigenvalue weighted by Crippen LogP contribution is -2.28. The molecule has 1 aromatic carbocycles. The van der Waals surface area contributed by atoms with Crippen molar-refractivity contribution in [3.8, 4) is 0 Å². The maximum Gasteiger partial charge on any atom is 0.00819 e. The SMILES string of the molecule is CC(C)(C)c1ccc(CC(N)CC2CCC2)cc1. The van der Waals surface area contributed by atoms with Crippen LogP contribution in [0, 0.1) is 5.92 Å². The minimum atomic E-state index is 0.243. The van der Waals surface area contributed by atoms with Crippen LogP contribution in [0.2, 0.25) is 0 Å². The van der Waals surface area contributed by atoms with Gasteiger partial charge in [-0.1, -0.05) is 64.3 Å². The summed E-state index contributed by atoms with van der Waals surface area (Å²) < 4.78 is 0. The van der Waals surface area contributed by atoms with Crippen molar-refractivity contribution in [2.75, 3.05) is 0 Å². The number of rotatable bonds is 4. The van der Waals surface area contributed by atoms with Crippen LogP contribution < -0.4 is 5.73 Å². The van der Waals surface area contributed by atoms with Crippen molar-refractivity contribution in [2.45, 2.75) is 64.3 Å². The third-order valence-corrected chi connectivity index (χ3v) is 4.18. The first-order valence-corrected chi connectivity index (χ1v) is 7.30. The van der Waals surface area contributed by atoms with E-state index in [0.29, 0.717) is 6.04 Å². The summed E-state index contributed by atoms with van der Waals surface area (Å²) in [6.07, 6.45) is 6.45. The summed E-state index contributed by atoms with van der Waals surface area (Å²) in [6, 6.07) is 9.36. The summed E-state index contributed by atoms with van der Waals surface area (Å²) in [5.41, 5.74) is 9.27. The first kappa shape index (κ1) is 13.6. The predicted octanol–water partition coefficient (Wildman–Crippen LogP) is 4.04. The molecule has 0 radical (unpaired) electrons. The molecular formula is C17H27N. The Labute approximate surface area is 112 Å². The molecule has 1 aliphatic rings. The van der Waals surface area contributed by atoms with E-state index in [2.05, 4.69) is 45.0 Å². The third kappa shape index (κ3) is 3.58. The van der Waals surface area contributed by atoms with Crippen LogP contribution in [-0.4, -0.2) is 6.04 Å². The second kappa shape index (κ2) is 5.44. The van der Waals surface area contributed by atoms with Gasteiger partial charge in [-0.15, -0.1) is 0 Å². The Balaban J connectivity index is 1.89. The van der Waals surface area contributed by atoms with Crippen LogP contribution in [0.15, 0.2) is 24.3 Å². The van der Waals surface area contributed by atoms with Crippen LogP contribution >= 0.6 is 0 Å². The minimum Gasteiger partial charge on any atom is -0.327 e. The Morgan fingerprint density at radius 2 is 1.78 bits per heavy atom. The molecule has 0 heterocycles. The fourth-order valence-electron chi connectivity index (χ4n) is 2.68. The standard InChI is InChI=1S/C17H27N/c1-17(2,3)15-9-7-14(8-10-15)12-16(18)11-13-5-4-6-13/h7-10,13,16H,4-6,11-12,18H2,1-3H3. The highest BCUT2D eigenvalue weighted by Crippen LogP contribution is 2.30. The first-order chi connectivity index (χ1) is 8.45. The summed E-state index contributed by atoms with van der Waals surface area (Å²) in [5, 5.41) is 0. The van der Waals surface area contributed by atoms with Crippen molar-refractivity contribution >= 4 is 0 Å². The van der Waals surface area contributed by atoms with Crippen molar-refractivity contribution in [3.63, 3.8) is 0 Å². The van der Waals surface area contributed by atoms with Crippen LogP contribution in [0.1, 0.15) is 57.6 Å². The molecule has 0 saturated heterocycles. The van der Waals surface area contributed by atoms with Gasteiger partial charge >= 0.3 is 0 Å². The Morgan fingerprint density at radius 3 is 2.22 bits per heavy atom. The second-order valence-corrected chi connectivity index (χ2v) is 6.94. The van der Waals surface area contributed by atoms with Gasteiger partial charge in [-0.25, -0.2) is 0 Å². The van der Waals surface area contributed by atoms with E-state index in [1.165, 1.54) is 36.8 Å². The normalized spacial score (nSPS) is 18.4. The summed E-state index contributed by atoms with van der Waals surface area (Å²) in [6.45, 7) is 6.76. The highest BCUT2D eigenvalue weighted by molar-refractivity contribution is 5.27. The second-order valence-electron chi connectivity index (χ2n) is 6.94. The number of nitrogens with two attached hydrogens (primary N) is 1. The summed E-state index contributed by atoms with van der Waals surface area (Å²) in [7, 11) is 0. The van der Waals surface area contributed by atoms with Crippen molar-refractivity contribution in [2.24, 2.45) is 11.7 Å². The van der Waals surface area contributed by atoms with E-state index < -0.39 is 0 Å². The molecule has 0 amide bonds. The van der Waals surface area contributed by atoms with Crippen LogP contribution in [0.4, 0.5) is 0 Å². The third-order valence-electron chi connectivity index (χ3n) is 4.18. The van der Waals surface area contributed by atoms with Crippen molar-refractivity contribution in [1.29, 1.82) is 0 Å². The van der Waals surface area contributed by atoms with Gasteiger partial charge in [-0.3, -0.25) is 0 Å². The van der Waals surface area contributed by atoms with Crippen LogP contribution in [0.25, 0.3) is 0 Å². The largest absolute Gasteiger partial charge is 0.327 e. The highest BCUT2D eigenvalue weighted by atomic mass is 14.6. The fourth-order valence-corrected chi connectivity index (χ4v) is 2.68. The molecule has 1 aliphatic carbocycles. The highest BCUT2D eigenvalue weighted by Gasteiger charge is 2.20. The van der Waals surface area contributed by atoms with Crippen molar-refractivity contribution in [3.05, 3.63) is 35.4 Å². The Morgan fingerprint density at radius 1 is 1.17 bits per heavy atom. The van der Waals surface area contributed by atoms with Gasteiger partial charge in [0.1, 0.15) is 0 Å². The van der Waals surface area contributed by atoms with Gasteiger partial charge in [0.15, 0.2) is 0 Å². The number of hydrogen-bond acceptors (Lipinski definition) is 1. The zero-order valence-electron chi connectivity index (χ0n) is 12.1. The number of benzene rings is 1. The molecule has 18 heavy (non-hydrogen) atoms. The van der Waals surface area contributed by atoms with E-state index in [0.717, 1.165) is 12.3 Å². The van der Waals surface area contributed by atoms with Crippen molar-refractivity contribution in [1.82, 2.24) is 0 Å². The Bertz CT molecular complexity index is 368. The van der Waals surface area contributed by atoms with Gasteiger partial charge in [0, 0.05) is 6.04 Å². The number of hydrogen-bond donors (Lipinski definition) is 1. The molecule has 1 fully saturated rings. The molecule has 100 valence electrons. The average molecular weight is 245 g/mol. The summed E-state index contributed by atoms with van der Waals surface area (Å²) in [4.78, 5) is 0. The van der Waals surface area contributed by atoms with E-state index in [-0.39, 0.29) is 5.41 Å². The predicted molar refractivity (Wildman–Crippen MR) is 78.8 cm³/mol. The van der Waals surface area contributed by atoms with Crippen LogP contribution in [0.3, 0.4) is 0 Å². The van der Waals surface area contributed by atoms with Gasteiger partial charge in [0.05, 0.1) is 0 Å². The van der Waals surface area contributed by atoms with Crippen LogP contribution in [0.5, 0.6) is 0 Å². The quantitative estimate of drug-likeness (QED) is 0.851. The smallest absolute Gasteiger partial charge is 0.00819 e. The molecule has 1 nitrogen and oxygen atoms in total. The van der Waals surface area contributed by atoms with Gasteiger partial charge < -0.3 is 5.73 Å². The molecule has 2 N–H and O–H groups in total.